The number of benzene rings is 2. The summed E-state index contributed by atoms with van der Waals surface area (Å²) >= 11 is 0. The quantitative estimate of drug-likeness (QED) is 0.380. The summed E-state index contributed by atoms with van der Waals surface area (Å²) in [5.41, 5.74) is 2.66. The van der Waals surface area contributed by atoms with E-state index in [-0.39, 0.29) is 0 Å². The van der Waals surface area contributed by atoms with Crippen LogP contribution in [0.5, 0.6) is 0 Å². The van der Waals surface area contributed by atoms with Gasteiger partial charge in [-0.1, -0.05) is 36.4 Å². The average molecular weight is 435 g/mol. The van der Waals surface area contributed by atoms with Gasteiger partial charge in [0.05, 0.1) is 0 Å². The Morgan fingerprint density at radius 2 is 1.50 bits per heavy atom. The van der Waals surface area contributed by atoms with E-state index >= 15 is 0 Å². The van der Waals surface area contributed by atoms with Crippen molar-refractivity contribution in [1.82, 2.24) is 15.5 Å². The third-order valence-electron chi connectivity index (χ3n) is 6.56. The van der Waals surface area contributed by atoms with E-state index in [0.29, 0.717) is 6.04 Å². The standard InChI is InChI=1S/C26H38N6/c1-27-26(29-23-14-17-32(22-23)25-12-6-3-7-13-25)28-15-8-9-16-30-18-20-31(21-19-30)24-10-4-2-5-11-24/h2-7,10-13,23H,8-9,14-22H2,1H3,(H2,27,28,29). The second-order valence-electron chi connectivity index (χ2n) is 8.78. The molecular weight excluding hydrogens is 396 g/mol. The molecule has 2 N–H and O–H groups in total. The Labute approximate surface area is 193 Å². The zero-order chi connectivity index (χ0) is 22.0. The van der Waals surface area contributed by atoms with Crippen LogP contribution in [-0.2, 0) is 0 Å². The van der Waals surface area contributed by atoms with Gasteiger partial charge in [-0.05, 0) is 50.1 Å². The second-order valence-corrected chi connectivity index (χ2v) is 8.78. The van der Waals surface area contributed by atoms with E-state index in [4.69, 9.17) is 0 Å². The highest BCUT2D eigenvalue weighted by Gasteiger charge is 2.23. The maximum absolute atomic E-state index is 4.43. The van der Waals surface area contributed by atoms with Gasteiger partial charge in [-0.25, -0.2) is 0 Å². The minimum Gasteiger partial charge on any atom is -0.369 e. The van der Waals surface area contributed by atoms with Gasteiger partial charge in [0.15, 0.2) is 5.96 Å². The van der Waals surface area contributed by atoms with Crippen LogP contribution in [0.4, 0.5) is 11.4 Å². The maximum Gasteiger partial charge on any atom is 0.191 e. The predicted molar refractivity (Wildman–Crippen MR) is 136 cm³/mol. The summed E-state index contributed by atoms with van der Waals surface area (Å²) in [4.78, 5) is 12.0. The van der Waals surface area contributed by atoms with Crippen molar-refractivity contribution in [2.75, 3.05) is 69.2 Å². The van der Waals surface area contributed by atoms with Gasteiger partial charge < -0.3 is 20.4 Å². The van der Waals surface area contributed by atoms with Gasteiger partial charge >= 0.3 is 0 Å². The highest BCUT2D eigenvalue weighted by Crippen LogP contribution is 2.19. The number of anilines is 2. The molecule has 2 fully saturated rings. The van der Waals surface area contributed by atoms with Crippen molar-refractivity contribution in [3.05, 3.63) is 60.7 Å². The molecule has 1 unspecified atom stereocenters. The van der Waals surface area contributed by atoms with Crippen LogP contribution in [0.3, 0.4) is 0 Å². The summed E-state index contributed by atoms with van der Waals surface area (Å²) < 4.78 is 0. The Bertz CT molecular complexity index is 817. The Morgan fingerprint density at radius 1 is 0.844 bits per heavy atom. The number of nitrogens with one attached hydrogen (secondary N) is 2. The van der Waals surface area contributed by atoms with E-state index in [1.165, 1.54) is 30.8 Å². The van der Waals surface area contributed by atoms with Gasteiger partial charge in [0.25, 0.3) is 0 Å². The Balaban J connectivity index is 1.08. The largest absolute Gasteiger partial charge is 0.369 e. The molecule has 2 aliphatic rings. The highest BCUT2D eigenvalue weighted by atomic mass is 15.3. The first-order chi connectivity index (χ1) is 15.8. The smallest absolute Gasteiger partial charge is 0.191 e. The molecule has 2 aromatic rings. The van der Waals surface area contributed by atoms with E-state index in [1.807, 2.05) is 7.05 Å². The number of aliphatic imine (C=N–C) groups is 1. The fourth-order valence-electron chi connectivity index (χ4n) is 4.68. The molecule has 4 rings (SSSR count). The molecule has 0 radical (unpaired) electrons. The van der Waals surface area contributed by atoms with E-state index in [0.717, 1.165) is 58.2 Å². The van der Waals surface area contributed by atoms with Crippen LogP contribution in [0, 0.1) is 0 Å². The summed E-state index contributed by atoms with van der Waals surface area (Å²) in [7, 11) is 1.87. The Hall–Kier alpha value is -2.73. The van der Waals surface area contributed by atoms with Gasteiger partial charge in [-0.2, -0.15) is 0 Å². The summed E-state index contributed by atoms with van der Waals surface area (Å²) in [5, 5.41) is 7.12. The van der Waals surface area contributed by atoms with Crippen LogP contribution in [-0.4, -0.2) is 76.3 Å². The molecule has 172 valence electrons. The van der Waals surface area contributed by atoms with Crippen LogP contribution < -0.4 is 20.4 Å². The summed E-state index contributed by atoms with van der Waals surface area (Å²) in [6, 6.07) is 21.9. The topological polar surface area (TPSA) is 46.1 Å². The first kappa shape index (κ1) is 22.5. The molecule has 2 saturated heterocycles. The summed E-state index contributed by atoms with van der Waals surface area (Å²) in [6.07, 6.45) is 3.53. The molecule has 2 heterocycles. The lowest BCUT2D eigenvalue weighted by molar-refractivity contribution is 0.253. The van der Waals surface area contributed by atoms with Crippen molar-refractivity contribution in [3.63, 3.8) is 0 Å². The van der Waals surface area contributed by atoms with Crippen LogP contribution in [0.1, 0.15) is 19.3 Å². The monoisotopic (exact) mass is 434 g/mol. The summed E-state index contributed by atoms with van der Waals surface area (Å²) in [6.45, 7) is 8.84. The molecule has 2 aliphatic heterocycles. The minimum atomic E-state index is 0.447. The van der Waals surface area contributed by atoms with E-state index in [9.17, 15) is 0 Å². The molecule has 1 atom stereocenters. The molecular formula is C26H38N6. The number of nitrogens with zero attached hydrogens (tertiary/aromatic N) is 4. The van der Waals surface area contributed by atoms with Crippen molar-refractivity contribution < 1.29 is 0 Å². The van der Waals surface area contributed by atoms with Crippen molar-refractivity contribution in [2.24, 2.45) is 4.99 Å². The lowest BCUT2D eigenvalue weighted by Crippen LogP contribution is -2.47. The molecule has 6 nitrogen and oxygen atoms in total. The average Bonchev–Trinajstić information content (AvgIpc) is 3.33. The second kappa shape index (κ2) is 11.8. The van der Waals surface area contributed by atoms with E-state index in [1.54, 1.807) is 0 Å². The third-order valence-corrected chi connectivity index (χ3v) is 6.56. The number of guanidine groups is 1. The number of hydrogen-bond donors (Lipinski definition) is 2. The van der Waals surface area contributed by atoms with Crippen molar-refractivity contribution >= 4 is 17.3 Å². The van der Waals surface area contributed by atoms with Crippen LogP contribution in [0.15, 0.2) is 65.7 Å². The number of hydrogen-bond acceptors (Lipinski definition) is 4. The van der Waals surface area contributed by atoms with Gasteiger partial charge in [0.2, 0.25) is 0 Å². The third kappa shape index (κ3) is 6.39. The van der Waals surface area contributed by atoms with Crippen LogP contribution in [0.25, 0.3) is 0 Å². The van der Waals surface area contributed by atoms with Crippen molar-refractivity contribution in [3.8, 4) is 0 Å². The van der Waals surface area contributed by atoms with Gasteiger partial charge in [0, 0.05) is 70.3 Å². The zero-order valence-electron chi connectivity index (χ0n) is 19.4. The first-order valence-corrected chi connectivity index (χ1v) is 12.1. The van der Waals surface area contributed by atoms with Gasteiger partial charge in [0.1, 0.15) is 0 Å². The molecule has 0 bridgehead atoms. The van der Waals surface area contributed by atoms with Crippen LogP contribution in [0.2, 0.25) is 0 Å². The van der Waals surface area contributed by atoms with Gasteiger partial charge in [-0.15, -0.1) is 0 Å². The fourth-order valence-corrected chi connectivity index (χ4v) is 4.68. The SMILES string of the molecule is CN=C(NCCCCN1CCN(c2ccccc2)CC1)NC1CCN(c2ccccc2)C1. The number of rotatable bonds is 8. The molecule has 6 heteroatoms. The molecule has 32 heavy (non-hydrogen) atoms. The zero-order valence-corrected chi connectivity index (χ0v) is 19.4. The first-order valence-electron chi connectivity index (χ1n) is 12.1. The van der Waals surface area contributed by atoms with E-state index < -0.39 is 0 Å². The Kier molecular flexibility index (Phi) is 8.26. The minimum absolute atomic E-state index is 0.447. The summed E-state index contributed by atoms with van der Waals surface area (Å²) in [5.74, 6) is 0.932. The highest BCUT2D eigenvalue weighted by molar-refractivity contribution is 5.80. The van der Waals surface area contributed by atoms with Crippen molar-refractivity contribution in [1.29, 1.82) is 0 Å². The van der Waals surface area contributed by atoms with Crippen LogP contribution >= 0.6 is 0 Å². The maximum atomic E-state index is 4.43. The van der Waals surface area contributed by atoms with E-state index in [2.05, 4.69) is 91.0 Å². The lowest BCUT2D eigenvalue weighted by Gasteiger charge is -2.36. The molecule has 0 spiro atoms. The molecule has 2 aromatic carbocycles. The molecule has 0 aromatic heterocycles. The molecule has 0 saturated carbocycles. The lowest BCUT2D eigenvalue weighted by atomic mass is 10.2. The number of piperazine rings is 1. The fraction of sp³-hybridized carbons (Fsp3) is 0.500. The van der Waals surface area contributed by atoms with Crippen molar-refractivity contribution in [2.45, 2.75) is 25.3 Å². The number of unbranched alkanes of at least 4 members (excludes halogenated alkanes) is 1. The Morgan fingerprint density at radius 3 is 2.16 bits per heavy atom. The molecule has 0 aliphatic carbocycles. The number of para-hydroxylation sites is 2. The molecule has 0 amide bonds. The predicted octanol–water partition coefficient (Wildman–Crippen LogP) is 3.03. The normalized spacial score (nSPS) is 19.9. The van der Waals surface area contributed by atoms with Gasteiger partial charge in [-0.3, -0.25) is 9.89 Å².